The molecule has 1 aliphatic rings. The smallest absolute Gasteiger partial charge is 0.321 e. The minimum absolute atomic E-state index is 0.0311. The second kappa shape index (κ2) is 9.61. The zero-order valence-electron chi connectivity index (χ0n) is 19.6. The molecule has 1 fully saturated rings. The van der Waals surface area contributed by atoms with Crippen LogP contribution in [-0.2, 0) is 6.54 Å². The Morgan fingerprint density at radius 2 is 1.76 bits per heavy atom. The van der Waals surface area contributed by atoms with Crippen molar-refractivity contribution in [3.8, 4) is 11.4 Å². The van der Waals surface area contributed by atoms with Crippen molar-refractivity contribution in [1.29, 1.82) is 0 Å². The summed E-state index contributed by atoms with van der Waals surface area (Å²) in [5.41, 5.74) is 5.96. The second-order valence-corrected chi connectivity index (χ2v) is 8.75. The maximum absolute atomic E-state index is 12.8. The number of pyridine rings is 2. The van der Waals surface area contributed by atoms with Crippen molar-refractivity contribution in [2.75, 3.05) is 38.0 Å². The summed E-state index contributed by atoms with van der Waals surface area (Å²) in [6.07, 6.45) is 5.38. The van der Waals surface area contributed by atoms with Gasteiger partial charge in [0.25, 0.3) is 0 Å². The van der Waals surface area contributed by atoms with Crippen molar-refractivity contribution in [1.82, 2.24) is 29.3 Å². The van der Waals surface area contributed by atoms with E-state index < -0.39 is 0 Å². The Hall–Kier alpha value is -3.78. The SMILES string of the molecule is Cc1ccc(NC(=O)N2CCN(CCn3c(-c4ccncc4)nc4cccnc43)CC2)c(C)c1. The summed E-state index contributed by atoms with van der Waals surface area (Å²) in [4.78, 5) is 30.6. The maximum Gasteiger partial charge on any atom is 0.321 e. The summed E-state index contributed by atoms with van der Waals surface area (Å²) >= 11 is 0. The van der Waals surface area contributed by atoms with Crippen LogP contribution in [-0.4, -0.2) is 68.1 Å². The number of carbonyl (C=O) groups is 1. The summed E-state index contributed by atoms with van der Waals surface area (Å²) in [6.45, 7) is 8.81. The fraction of sp³-hybridized carbons (Fsp3) is 0.308. The number of carbonyl (C=O) groups excluding carboxylic acids is 1. The first-order chi connectivity index (χ1) is 16.6. The Balaban J connectivity index is 1.22. The number of hydrogen-bond acceptors (Lipinski definition) is 5. The highest BCUT2D eigenvalue weighted by molar-refractivity contribution is 5.90. The minimum Gasteiger partial charge on any atom is -0.322 e. The largest absolute Gasteiger partial charge is 0.322 e. The minimum atomic E-state index is -0.0311. The molecule has 3 aromatic heterocycles. The third kappa shape index (κ3) is 4.63. The van der Waals surface area contributed by atoms with Crippen LogP contribution < -0.4 is 5.32 Å². The molecule has 174 valence electrons. The van der Waals surface area contributed by atoms with Crippen LogP contribution in [0.3, 0.4) is 0 Å². The normalized spacial score (nSPS) is 14.5. The van der Waals surface area contributed by atoms with Gasteiger partial charge in [-0.1, -0.05) is 17.7 Å². The van der Waals surface area contributed by atoms with Gasteiger partial charge in [0.1, 0.15) is 11.3 Å². The van der Waals surface area contributed by atoms with Crippen molar-refractivity contribution in [2.45, 2.75) is 20.4 Å². The number of nitrogens with one attached hydrogen (secondary N) is 1. The van der Waals surface area contributed by atoms with Gasteiger partial charge in [-0.15, -0.1) is 0 Å². The Morgan fingerprint density at radius 3 is 2.53 bits per heavy atom. The Bertz CT molecular complexity index is 1290. The van der Waals surface area contributed by atoms with E-state index >= 15 is 0 Å². The van der Waals surface area contributed by atoms with E-state index in [4.69, 9.17) is 4.98 Å². The van der Waals surface area contributed by atoms with Crippen molar-refractivity contribution in [2.24, 2.45) is 0 Å². The molecule has 0 saturated carbocycles. The van der Waals surface area contributed by atoms with Gasteiger partial charge in [-0.2, -0.15) is 0 Å². The summed E-state index contributed by atoms with van der Waals surface area (Å²) < 4.78 is 2.18. The van der Waals surface area contributed by atoms with Crippen LogP contribution in [0.1, 0.15) is 11.1 Å². The maximum atomic E-state index is 12.8. The molecule has 4 heterocycles. The molecule has 0 bridgehead atoms. The molecule has 5 rings (SSSR count). The predicted octanol–water partition coefficient (Wildman–Crippen LogP) is 3.96. The number of nitrogens with zero attached hydrogens (tertiary/aromatic N) is 6. The number of rotatable bonds is 5. The quantitative estimate of drug-likeness (QED) is 0.493. The molecule has 0 unspecified atom stereocenters. The lowest BCUT2D eigenvalue weighted by Gasteiger charge is -2.34. The van der Waals surface area contributed by atoms with Gasteiger partial charge in [-0.3, -0.25) is 9.88 Å². The number of piperazine rings is 1. The molecule has 0 spiro atoms. The molecule has 1 aliphatic heterocycles. The van der Waals surface area contributed by atoms with Crippen LogP contribution in [0, 0.1) is 13.8 Å². The molecule has 4 aromatic rings. The van der Waals surface area contributed by atoms with Crippen LogP contribution in [0.5, 0.6) is 0 Å². The van der Waals surface area contributed by atoms with Crippen LogP contribution in [0.25, 0.3) is 22.6 Å². The lowest BCUT2D eigenvalue weighted by atomic mass is 10.1. The second-order valence-electron chi connectivity index (χ2n) is 8.75. The van der Waals surface area contributed by atoms with E-state index in [1.807, 2.05) is 54.4 Å². The van der Waals surface area contributed by atoms with Gasteiger partial charge in [0.05, 0.1) is 0 Å². The van der Waals surface area contributed by atoms with Gasteiger partial charge < -0.3 is 14.8 Å². The van der Waals surface area contributed by atoms with Crippen LogP contribution >= 0.6 is 0 Å². The first-order valence-corrected chi connectivity index (χ1v) is 11.7. The average Bonchev–Trinajstić information content (AvgIpc) is 3.24. The van der Waals surface area contributed by atoms with Gasteiger partial charge >= 0.3 is 6.03 Å². The number of aromatic nitrogens is 4. The highest BCUT2D eigenvalue weighted by atomic mass is 16.2. The topological polar surface area (TPSA) is 79.2 Å². The molecule has 0 atom stereocenters. The van der Waals surface area contributed by atoms with Gasteiger partial charge in [-0.25, -0.2) is 14.8 Å². The van der Waals surface area contributed by atoms with E-state index in [1.165, 1.54) is 5.56 Å². The van der Waals surface area contributed by atoms with Gasteiger partial charge in [-0.05, 0) is 49.7 Å². The number of hydrogen-bond donors (Lipinski definition) is 1. The zero-order valence-corrected chi connectivity index (χ0v) is 19.6. The predicted molar refractivity (Wildman–Crippen MR) is 134 cm³/mol. The molecule has 8 heteroatoms. The van der Waals surface area contributed by atoms with Gasteiger partial charge in [0.2, 0.25) is 0 Å². The third-order valence-electron chi connectivity index (χ3n) is 6.37. The van der Waals surface area contributed by atoms with Gasteiger partial charge in [0, 0.05) is 69.1 Å². The Morgan fingerprint density at radius 1 is 0.971 bits per heavy atom. The number of benzene rings is 1. The van der Waals surface area contributed by atoms with Crippen molar-refractivity contribution >= 4 is 22.9 Å². The lowest BCUT2D eigenvalue weighted by molar-refractivity contribution is 0.145. The van der Waals surface area contributed by atoms with E-state index in [9.17, 15) is 4.79 Å². The molecular formula is C26H29N7O. The van der Waals surface area contributed by atoms with Crippen LogP contribution in [0.4, 0.5) is 10.5 Å². The highest BCUT2D eigenvalue weighted by Crippen LogP contribution is 2.23. The summed E-state index contributed by atoms with van der Waals surface area (Å²) in [7, 11) is 0. The van der Waals surface area contributed by atoms with Crippen molar-refractivity contribution < 1.29 is 4.79 Å². The lowest BCUT2D eigenvalue weighted by Crippen LogP contribution is -2.50. The molecule has 0 aliphatic carbocycles. The van der Waals surface area contributed by atoms with Crippen LogP contribution in [0.2, 0.25) is 0 Å². The fourth-order valence-corrected chi connectivity index (χ4v) is 4.46. The highest BCUT2D eigenvalue weighted by Gasteiger charge is 2.22. The number of urea groups is 1. The monoisotopic (exact) mass is 455 g/mol. The average molecular weight is 456 g/mol. The molecular weight excluding hydrogens is 426 g/mol. The first-order valence-electron chi connectivity index (χ1n) is 11.7. The van der Waals surface area contributed by atoms with E-state index in [-0.39, 0.29) is 6.03 Å². The summed E-state index contributed by atoms with van der Waals surface area (Å²) in [5.74, 6) is 0.905. The number of amides is 2. The fourth-order valence-electron chi connectivity index (χ4n) is 4.46. The molecule has 0 radical (unpaired) electrons. The van der Waals surface area contributed by atoms with E-state index in [0.717, 1.165) is 60.0 Å². The molecule has 2 amide bonds. The van der Waals surface area contributed by atoms with Gasteiger partial charge in [0.15, 0.2) is 5.65 Å². The number of fused-ring (bicyclic) bond motifs is 1. The molecule has 34 heavy (non-hydrogen) atoms. The third-order valence-corrected chi connectivity index (χ3v) is 6.37. The summed E-state index contributed by atoms with van der Waals surface area (Å²) in [6, 6.07) is 13.9. The molecule has 1 aromatic carbocycles. The number of aryl methyl sites for hydroxylation is 2. The van der Waals surface area contributed by atoms with E-state index in [2.05, 4.69) is 37.7 Å². The molecule has 1 saturated heterocycles. The molecule has 1 N–H and O–H groups in total. The summed E-state index contributed by atoms with van der Waals surface area (Å²) in [5, 5.41) is 3.06. The molecule has 8 nitrogen and oxygen atoms in total. The zero-order chi connectivity index (χ0) is 23.5. The van der Waals surface area contributed by atoms with Crippen LogP contribution in [0.15, 0.2) is 61.1 Å². The Kier molecular flexibility index (Phi) is 6.22. The van der Waals surface area contributed by atoms with Crippen molar-refractivity contribution in [3.63, 3.8) is 0 Å². The van der Waals surface area contributed by atoms with E-state index in [1.54, 1.807) is 12.4 Å². The first kappa shape index (κ1) is 22.0. The van der Waals surface area contributed by atoms with Crippen molar-refractivity contribution in [3.05, 3.63) is 72.2 Å². The number of imidazole rings is 1. The Labute approximate surface area is 199 Å². The number of anilines is 1. The standard InChI is InChI=1S/C26H29N7O/c1-19-5-6-22(20(2)18-19)30-26(34)32-15-12-31(13-16-32)14-17-33-24(21-7-10-27-11-8-21)29-23-4-3-9-28-25(23)33/h3-11,18H,12-17H2,1-2H3,(H,30,34). The van der Waals surface area contributed by atoms with E-state index in [0.29, 0.717) is 13.1 Å².